The lowest BCUT2D eigenvalue weighted by molar-refractivity contribution is -0.127. The molecule has 0 radical (unpaired) electrons. The van der Waals surface area contributed by atoms with Crippen LogP contribution in [0.15, 0.2) is 44.7 Å². The van der Waals surface area contributed by atoms with Crippen molar-refractivity contribution in [1.29, 1.82) is 0 Å². The molecule has 0 aliphatic heterocycles. The first kappa shape index (κ1) is 18.3. The molecule has 0 atom stereocenters. The van der Waals surface area contributed by atoms with Crippen LogP contribution in [0.1, 0.15) is 17.1 Å². The molecule has 2 aromatic heterocycles. The van der Waals surface area contributed by atoms with E-state index in [0.717, 1.165) is 17.1 Å². The first-order valence-corrected chi connectivity index (χ1v) is 9.23. The Labute approximate surface area is 155 Å². The third kappa shape index (κ3) is 3.83. The van der Waals surface area contributed by atoms with Gasteiger partial charge in [0.1, 0.15) is 11.5 Å². The number of rotatable bonds is 5. The maximum atomic E-state index is 12.5. The van der Waals surface area contributed by atoms with E-state index >= 15 is 0 Å². The molecule has 0 N–H and O–H groups in total. The van der Waals surface area contributed by atoms with E-state index in [2.05, 4.69) is 4.98 Å². The summed E-state index contributed by atoms with van der Waals surface area (Å²) in [6.07, 6.45) is 0. The molecule has 6 nitrogen and oxygen atoms in total. The van der Waals surface area contributed by atoms with Gasteiger partial charge in [-0.25, -0.2) is 4.98 Å². The highest BCUT2D eigenvalue weighted by Crippen LogP contribution is 2.18. The summed E-state index contributed by atoms with van der Waals surface area (Å²) >= 11 is 1.26. The van der Waals surface area contributed by atoms with Crippen molar-refractivity contribution in [1.82, 2.24) is 14.5 Å². The summed E-state index contributed by atoms with van der Waals surface area (Å²) in [6, 6.07) is 9.34. The fraction of sp³-hybridized carbons (Fsp3) is 0.316. The molecule has 1 aromatic carbocycles. The molecule has 26 heavy (non-hydrogen) atoms. The summed E-state index contributed by atoms with van der Waals surface area (Å²) in [5.41, 5.74) is 1.56. The van der Waals surface area contributed by atoms with Gasteiger partial charge in [0, 0.05) is 14.1 Å². The predicted molar refractivity (Wildman–Crippen MR) is 102 cm³/mol. The highest BCUT2D eigenvalue weighted by Gasteiger charge is 2.15. The number of furan rings is 1. The monoisotopic (exact) mass is 371 g/mol. The number of carbonyl (C=O) groups excluding carboxylic acids is 1. The van der Waals surface area contributed by atoms with Crippen molar-refractivity contribution in [3.8, 4) is 0 Å². The van der Waals surface area contributed by atoms with Crippen LogP contribution in [-0.2, 0) is 18.4 Å². The van der Waals surface area contributed by atoms with Gasteiger partial charge in [-0.3, -0.25) is 14.2 Å². The number of amides is 1. The van der Waals surface area contributed by atoms with E-state index < -0.39 is 0 Å². The minimum Gasteiger partial charge on any atom is -0.464 e. The Hall–Kier alpha value is -2.54. The molecule has 0 unspecified atom stereocenters. The van der Waals surface area contributed by atoms with Gasteiger partial charge in [-0.05, 0) is 38.1 Å². The van der Waals surface area contributed by atoms with Crippen LogP contribution < -0.4 is 5.56 Å². The molecule has 3 aromatic rings. The van der Waals surface area contributed by atoms with E-state index in [4.69, 9.17) is 4.42 Å². The lowest BCUT2D eigenvalue weighted by Crippen LogP contribution is -2.28. The molecule has 0 aliphatic rings. The zero-order valence-corrected chi connectivity index (χ0v) is 16.1. The summed E-state index contributed by atoms with van der Waals surface area (Å²) in [5, 5.41) is 1.12. The lowest BCUT2D eigenvalue weighted by Gasteiger charge is -2.16. The molecule has 0 aliphatic carbocycles. The van der Waals surface area contributed by atoms with Crippen molar-refractivity contribution in [2.24, 2.45) is 7.05 Å². The van der Waals surface area contributed by atoms with Gasteiger partial charge >= 0.3 is 0 Å². The first-order chi connectivity index (χ1) is 12.3. The van der Waals surface area contributed by atoms with Gasteiger partial charge in [0.15, 0.2) is 5.16 Å². The fourth-order valence-corrected chi connectivity index (χ4v) is 3.53. The van der Waals surface area contributed by atoms with Gasteiger partial charge < -0.3 is 9.32 Å². The van der Waals surface area contributed by atoms with E-state index in [1.54, 1.807) is 19.0 Å². The van der Waals surface area contributed by atoms with Gasteiger partial charge in [-0.1, -0.05) is 23.4 Å². The van der Waals surface area contributed by atoms with Crippen molar-refractivity contribution in [2.75, 3.05) is 12.8 Å². The standard InChI is InChI=1S/C19H21N3O3S/c1-12-5-8-16-15(9-12)18(24)22(4)19(20-16)26-11-17(23)21(3)10-14-7-6-13(2)25-14/h5-9H,10-11H2,1-4H3. The molecule has 0 saturated carbocycles. The van der Waals surface area contributed by atoms with Crippen LogP contribution >= 0.6 is 11.8 Å². The van der Waals surface area contributed by atoms with Crippen LogP contribution in [0.5, 0.6) is 0 Å². The molecule has 136 valence electrons. The van der Waals surface area contributed by atoms with Crippen LogP contribution in [0.2, 0.25) is 0 Å². The second kappa shape index (κ2) is 7.37. The number of carbonyl (C=O) groups is 1. The number of fused-ring (bicyclic) bond motifs is 1. The SMILES string of the molecule is Cc1ccc2nc(SCC(=O)N(C)Cc3ccc(C)o3)n(C)c(=O)c2c1. The molecule has 0 bridgehead atoms. The minimum absolute atomic E-state index is 0.0534. The zero-order valence-electron chi connectivity index (χ0n) is 15.3. The molecule has 2 heterocycles. The number of nitrogens with zero attached hydrogens (tertiary/aromatic N) is 3. The number of thioether (sulfide) groups is 1. The van der Waals surface area contributed by atoms with E-state index in [0.29, 0.717) is 22.6 Å². The molecule has 0 spiro atoms. The van der Waals surface area contributed by atoms with Gasteiger partial charge in [-0.15, -0.1) is 0 Å². The highest BCUT2D eigenvalue weighted by molar-refractivity contribution is 7.99. The van der Waals surface area contributed by atoms with E-state index in [1.807, 2.05) is 44.2 Å². The fourth-order valence-electron chi connectivity index (χ4n) is 2.62. The summed E-state index contributed by atoms with van der Waals surface area (Å²) < 4.78 is 7.00. The van der Waals surface area contributed by atoms with Gasteiger partial charge in [-0.2, -0.15) is 0 Å². The maximum absolute atomic E-state index is 12.5. The van der Waals surface area contributed by atoms with Crippen molar-refractivity contribution >= 4 is 28.6 Å². The van der Waals surface area contributed by atoms with Crippen LogP contribution in [-0.4, -0.2) is 33.2 Å². The van der Waals surface area contributed by atoms with Crippen LogP contribution in [0.3, 0.4) is 0 Å². The Kier molecular flexibility index (Phi) is 5.18. The van der Waals surface area contributed by atoms with Crippen molar-refractivity contribution < 1.29 is 9.21 Å². The lowest BCUT2D eigenvalue weighted by atomic mass is 10.2. The largest absolute Gasteiger partial charge is 0.464 e. The molecular weight excluding hydrogens is 350 g/mol. The van der Waals surface area contributed by atoms with Crippen molar-refractivity contribution in [3.05, 3.63) is 57.8 Å². The molecular formula is C19H21N3O3S. The Morgan fingerprint density at radius 3 is 2.73 bits per heavy atom. The Bertz CT molecular complexity index is 1020. The third-order valence-corrected chi connectivity index (χ3v) is 5.14. The van der Waals surface area contributed by atoms with Gasteiger partial charge in [0.05, 0.1) is 23.2 Å². The summed E-state index contributed by atoms with van der Waals surface area (Å²) in [4.78, 5) is 31.0. The number of aryl methyl sites for hydroxylation is 2. The van der Waals surface area contributed by atoms with E-state index in [9.17, 15) is 9.59 Å². The molecule has 1 amide bonds. The van der Waals surface area contributed by atoms with Gasteiger partial charge in [0.2, 0.25) is 5.91 Å². The number of hydrogen-bond donors (Lipinski definition) is 0. The molecule has 3 rings (SSSR count). The predicted octanol–water partition coefficient (Wildman–Crippen LogP) is 2.89. The molecule has 7 heteroatoms. The average molecular weight is 371 g/mol. The zero-order chi connectivity index (χ0) is 18.8. The van der Waals surface area contributed by atoms with E-state index in [-0.39, 0.29) is 17.2 Å². The second-order valence-electron chi connectivity index (χ2n) is 6.33. The van der Waals surface area contributed by atoms with E-state index in [1.165, 1.54) is 16.3 Å². The smallest absolute Gasteiger partial charge is 0.261 e. The average Bonchev–Trinajstić information content (AvgIpc) is 3.01. The topological polar surface area (TPSA) is 68.3 Å². The Morgan fingerprint density at radius 2 is 2.04 bits per heavy atom. The summed E-state index contributed by atoms with van der Waals surface area (Å²) in [6.45, 7) is 4.22. The quantitative estimate of drug-likeness (QED) is 0.510. The van der Waals surface area contributed by atoms with Crippen LogP contribution in [0.4, 0.5) is 0 Å². The van der Waals surface area contributed by atoms with Crippen molar-refractivity contribution in [2.45, 2.75) is 25.5 Å². The van der Waals surface area contributed by atoms with Gasteiger partial charge in [0.25, 0.3) is 5.56 Å². The number of hydrogen-bond acceptors (Lipinski definition) is 5. The van der Waals surface area contributed by atoms with Crippen molar-refractivity contribution in [3.63, 3.8) is 0 Å². The summed E-state index contributed by atoms with van der Waals surface area (Å²) in [5.74, 6) is 1.71. The molecule has 0 fully saturated rings. The normalized spacial score (nSPS) is 11.1. The van der Waals surface area contributed by atoms with Crippen LogP contribution in [0.25, 0.3) is 10.9 Å². The Morgan fingerprint density at radius 1 is 1.27 bits per heavy atom. The number of benzene rings is 1. The maximum Gasteiger partial charge on any atom is 0.261 e. The Balaban J connectivity index is 1.72. The highest BCUT2D eigenvalue weighted by atomic mass is 32.2. The van der Waals surface area contributed by atoms with Crippen LogP contribution in [0, 0.1) is 13.8 Å². The number of aromatic nitrogens is 2. The molecule has 0 saturated heterocycles. The third-order valence-electron chi connectivity index (χ3n) is 4.13. The first-order valence-electron chi connectivity index (χ1n) is 8.24. The second-order valence-corrected chi connectivity index (χ2v) is 7.27. The minimum atomic E-state index is -0.104. The summed E-state index contributed by atoms with van der Waals surface area (Å²) in [7, 11) is 3.41.